The minimum Gasteiger partial charge on any atom is -0.476 e. The molecule has 0 aliphatic carbocycles. The zero-order chi connectivity index (χ0) is 23.6. The van der Waals surface area contributed by atoms with Gasteiger partial charge in [-0.1, -0.05) is 0 Å². The van der Waals surface area contributed by atoms with Gasteiger partial charge in [0, 0.05) is 19.3 Å². The van der Waals surface area contributed by atoms with E-state index in [9.17, 15) is 13.7 Å². The van der Waals surface area contributed by atoms with E-state index in [2.05, 4.69) is 25.4 Å². The summed E-state index contributed by atoms with van der Waals surface area (Å²) in [4.78, 5) is 12.5. The molecule has 0 radical (unpaired) electrons. The van der Waals surface area contributed by atoms with Gasteiger partial charge in [-0.2, -0.15) is 15.3 Å². The van der Waals surface area contributed by atoms with Crippen molar-refractivity contribution in [3.8, 4) is 11.9 Å². The number of aromatic nitrogens is 5. The molecule has 1 fully saturated rings. The molecule has 13 heteroatoms. The molecule has 0 saturated carbocycles. The van der Waals surface area contributed by atoms with Gasteiger partial charge >= 0.3 is 0 Å². The summed E-state index contributed by atoms with van der Waals surface area (Å²) in [5.74, 6) is 1.51. The van der Waals surface area contributed by atoms with Crippen LogP contribution in [-0.2, 0) is 10.0 Å². The van der Waals surface area contributed by atoms with Crippen LogP contribution in [0.15, 0.2) is 24.7 Å². The number of nitrogens with one attached hydrogen (secondary N) is 1. The summed E-state index contributed by atoms with van der Waals surface area (Å²) >= 11 is 0. The van der Waals surface area contributed by atoms with Crippen LogP contribution in [0.1, 0.15) is 37.2 Å². The molecule has 1 aliphatic rings. The highest BCUT2D eigenvalue weighted by molar-refractivity contribution is 7.88. The Morgan fingerprint density at radius 1 is 1.36 bits per heavy atom. The van der Waals surface area contributed by atoms with Gasteiger partial charge in [-0.15, -0.1) is 0 Å². The van der Waals surface area contributed by atoms with Gasteiger partial charge in [-0.3, -0.25) is 0 Å². The fraction of sp³-hybridized carbons (Fsp3) is 0.450. The van der Waals surface area contributed by atoms with E-state index in [1.54, 1.807) is 10.7 Å². The van der Waals surface area contributed by atoms with E-state index in [1.807, 2.05) is 25.1 Å². The summed E-state index contributed by atoms with van der Waals surface area (Å²) in [6, 6.07) is 5.31. The minimum atomic E-state index is -3.16. The highest BCUT2D eigenvalue weighted by Crippen LogP contribution is 2.25. The summed E-state index contributed by atoms with van der Waals surface area (Å²) in [6.45, 7) is 3.26. The topological polar surface area (TPSA) is 164 Å². The molecule has 12 nitrogen and oxygen atoms in total. The van der Waals surface area contributed by atoms with Crippen molar-refractivity contribution >= 4 is 27.2 Å². The summed E-state index contributed by atoms with van der Waals surface area (Å²) in [6.07, 6.45) is 5.78. The summed E-state index contributed by atoms with van der Waals surface area (Å²) in [5, 5.41) is 17.0. The fourth-order valence-electron chi connectivity index (χ4n) is 3.71. The molecule has 4 heterocycles. The van der Waals surface area contributed by atoms with Gasteiger partial charge in [0.05, 0.1) is 18.9 Å². The van der Waals surface area contributed by atoms with E-state index in [0.29, 0.717) is 37.2 Å². The number of hydrogen-bond acceptors (Lipinski definition) is 10. The van der Waals surface area contributed by atoms with Crippen LogP contribution in [0, 0.1) is 17.2 Å². The van der Waals surface area contributed by atoms with Crippen molar-refractivity contribution in [1.29, 1.82) is 5.26 Å². The zero-order valence-electron chi connectivity index (χ0n) is 18.3. The average Bonchev–Trinajstić information content (AvgIpc) is 3.26. The van der Waals surface area contributed by atoms with Crippen LogP contribution in [-0.4, -0.2) is 63.2 Å². The maximum absolute atomic E-state index is 11.7. The third-order valence-electron chi connectivity index (χ3n) is 5.60. The predicted octanol–water partition coefficient (Wildman–Crippen LogP) is 1.20. The molecule has 33 heavy (non-hydrogen) atoms. The van der Waals surface area contributed by atoms with E-state index < -0.39 is 16.1 Å². The third-order valence-corrected chi connectivity index (χ3v) is 6.90. The molecule has 1 atom stereocenters. The van der Waals surface area contributed by atoms with Crippen molar-refractivity contribution in [2.24, 2.45) is 5.92 Å². The van der Waals surface area contributed by atoms with Gasteiger partial charge in [-0.25, -0.2) is 27.2 Å². The Balaban J connectivity index is 1.49. The second-order valence-electron chi connectivity index (χ2n) is 7.99. The van der Waals surface area contributed by atoms with Gasteiger partial charge < -0.3 is 15.8 Å². The lowest BCUT2D eigenvalue weighted by molar-refractivity contribution is 0.181. The maximum atomic E-state index is 11.7. The normalized spacial score (nSPS) is 16.4. The van der Waals surface area contributed by atoms with Gasteiger partial charge in [-0.05, 0) is 37.8 Å². The van der Waals surface area contributed by atoms with Crippen LogP contribution in [0.2, 0.25) is 0 Å². The summed E-state index contributed by atoms with van der Waals surface area (Å²) in [7, 11) is -3.16. The van der Waals surface area contributed by atoms with Crippen molar-refractivity contribution < 1.29 is 13.2 Å². The highest BCUT2D eigenvalue weighted by atomic mass is 32.2. The first-order valence-electron chi connectivity index (χ1n) is 10.5. The molecule has 1 aliphatic heterocycles. The molecule has 4 rings (SSSR count). The zero-order valence-corrected chi connectivity index (χ0v) is 19.2. The number of piperidine rings is 1. The smallest absolute Gasteiger partial charge is 0.241 e. The number of nitrogens with zero attached hydrogens (tertiary/aromatic N) is 7. The molecule has 3 aromatic rings. The number of sulfonamides is 1. The monoisotopic (exact) mass is 471 g/mol. The lowest BCUT2D eigenvalue weighted by Gasteiger charge is -2.30. The predicted molar refractivity (Wildman–Crippen MR) is 121 cm³/mol. The van der Waals surface area contributed by atoms with Gasteiger partial charge in [0.1, 0.15) is 35.1 Å². The summed E-state index contributed by atoms with van der Waals surface area (Å²) < 4.78 is 32.7. The quantitative estimate of drug-likeness (QED) is 0.511. The van der Waals surface area contributed by atoms with Crippen molar-refractivity contribution in [3.63, 3.8) is 0 Å². The molecule has 0 spiro atoms. The molecular weight excluding hydrogens is 446 g/mol. The second-order valence-corrected chi connectivity index (χ2v) is 9.97. The van der Waals surface area contributed by atoms with E-state index in [0.717, 1.165) is 18.4 Å². The highest BCUT2D eigenvalue weighted by Gasteiger charge is 2.26. The van der Waals surface area contributed by atoms with Crippen LogP contribution in [0.3, 0.4) is 0 Å². The maximum Gasteiger partial charge on any atom is 0.241 e. The summed E-state index contributed by atoms with van der Waals surface area (Å²) in [5.41, 5.74) is 6.65. The van der Waals surface area contributed by atoms with E-state index >= 15 is 0 Å². The molecule has 0 amide bonds. The van der Waals surface area contributed by atoms with E-state index in [4.69, 9.17) is 10.5 Å². The number of anilines is 2. The van der Waals surface area contributed by atoms with Crippen LogP contribution >= 0.6 is 0 Å². The lowest BCUT2D eigenvalue weighted by Crippen LogP contribution is -2.39. The molecule has 3 aromatic heterocycles. The molecular formula is C20H25N9O3S. The Kier molecular flexibility index (Phi) is 6.30. The minimum absolute atomic E-state index is 0.0925. The molecule has 0 aromatic carbocycles. The molecule has 0 bridgehead atoms. The Morgan fingerprint density at radius 2 is 2.12 bits per heavy atom. The number of nitrogen functional groups attached to an aromatic ring is 1. The molecule has 3 N–H and O–H groups in total. The first-order chi connectivity index (χ1) is 15.8. The fourth-order valence-corrected chi connectivity index (χ4v) is 4.58. The van der Waals surface area contributed by atoms with Crippen LogP contribution < -0.4 is 15.8 Å². The molecule has 1 unspecified atom stereocenters. The van der Waals surface area contributed by atoms with Crippen molar-refractivity contribution in [1.82, 2.24) is 28.9 Å². The van der Waals surface area contributed by atoms with Crippen LogP contribution in [0.25, 0.3) is 5.52 Å². The number of hydrogen-bond donors (Lipinski definition) is 2. The number of nitriles is 1. The molecule has 174 valence electrons. The Morgan fingerprint density at radius 3 is 2.82 bits per heavy atom. The lowest BCUT2D eigenvalue weighted by atomic mass is 9.99. The van der Waals surface area contributed by atoms with Crippen LogP contribution in [0.4, 0.5) is 11.6 Å². The number of fused-ring (bicyclic) bond motifs is 1. The third kappa shape index (κ3) is 4.96. The van der Waals surface area contributed by atoms with Gasteiger partial charge in [0.25, 0.3) is 0 Å². The Bertz CT molecular complexity index is 1290. The number of nitrogens with two attached hydrogens (primary N) is 1. The second kappa shape index (κ2) is 9.16. The standard InChI is InChI=1S/C20H25N9O3S/c1-13(25-19-15(10-21)17(22)23-12-24-19)18-26-20(16-4-3-7-29(16)27-18)32-11-14-5-8-28(9-6-14)33(2,30)31/h3-4,7,12-14H,5-6,8-9,11H2,1-2H3,(H3,22,23,24,25). The first kappa shape index (κ1) is 22.7. The first-order valence-corrected chi connectivity index (χ1v) is 12.3. The number of rotatable bonds is 7. The SMILES string of the molecule is CC(Nc1ncnc(N)c1C#N)c1nc(OCC2CCN(S(C)(=O)=O)CC2)c2cccn2n1. The van der Waals surface area contributed by atoms with Crippen molar-refractivity contribution in [2.75, 3.05) is 37.0 Å². The Labute approximate surface area is 191 Å². The number of ether oxygens (including phenoxy) is 1. The molecule has 1 saturated heterocycles. The average molecular weight is 472 g/mol. The van der Waals surface area contributed by atoms with Gasteiger partial charge in [0.2, 0.25) is 15.9 Å². The van der Waals surface area contributed by atoms with Crippen molar-refractivity contribution in [3.05, 3.63) is 36.0 Å². The van der Waals surface area contributed by atoms with Crippen molar-refractivity contribution in [2.45, 2.75) is 25.8 Å². The van der Waals surface area contributed by atoms with E-state index in [1.165, 1.54) is 16.9 Å². The van der Waals surface area contributed by atoms with Crippen LogP contribution in [0.5, 0.6) is 5.88 Å². The Hall–Kier alpha value is -3.50. The van der Waals surface area contributed by atoms with E-state index in [-0.39, 0.29) is 17.3 Å². The van der Waals surface area contributed by atoms with Gasteiger partial charge in [0.15, 0.2) is 5.82 Å². The largest absolute Gasteiger partial charge is 0.476 e.